The Bertz CT molecular complexity index is 909. The first-order chi connectivity index (χ1) is 11.2. The molecule has 0 atom stereocenters. The molecule has 0 aliphatic carbocycles. The maximum Gasteiger partial charge on any atom is 0.347 e. The van der Waals surface area contributed by atoms with E-state index in [9.17, 15) is 9.59 Å². The maximum absolute atomic E-state index is 11.9. The van der Waals surface area contributed by atoms with Crippen molar-refractivity contribution in [2.45, 2.75) is 6.42 Å². The van der Waals surface area contributed by atoms with Crippen molar-refractivity contribution in [1.82, 2.24) is 0 Å². The van der Waals surface area contributed by atoms with E-state index in [1.165, 1.54) is 11.1 Å². The molecule has 0 bridgehead atoms. The van der Waals surface area contributed by atoms with Crippen LogP contribution < -0.4 is 0 Å². The average molecular weight is 320 g/mol. The quantitative estimate of drug-likeness (QED) is 0.533. The molecule has 2 heterocycles. The van der Waals surface area contributed by atoms with Gasteiger partial charge in [0.25, 0.3) is 0 Å². The molecule has 1 aliphatic rings. The van der Waals surface area contributed by atoms with E-state index in [0.29, 0.717) is 11.1 Å². The number of hydrogen-bond donors (Lipinski definition) is 0. The van der Waals surface area contributed by atoms with Gasteiger partial charge in [0, 0.05) is 10.4 Å². The summed E-state index contributed by atoms with van der Waals surface area (Å²) in [5, 5.41) is 2.09. The van der Waals surface area contributed by atoms with Gasteiger partial charge in [-0.2, -0.15) is 0 Å². The summed E-state index contributed by atoms with van der Waals surface area (Å²) in [7, 11) is 0. The van der Waals surface area contributed by atoms with Crippen molar-refractivity contribution >= 4 is 23.3 Å². The zero-order valence-corrected chi connectivity index (χ0v) is 12.9. The fourth-order valence-corrected chi connectivity index (χ4v) is 3.73. The molecule has 0 radical (unpaired) electrons. The van der Waals surface area contributed by atoms with E-state index in [1.807, 2.05) is 24.3 Å². The second-order valence-electron chi connectivity index (χ2n) is 5.39. The Kier molecular flexibility index (Phi) is 3.32. The van der Waals surface area contributed by atoms with Gasteiger partial charge in [-0.3, -0.25) is 0 Å². The second-order valence-corrected chi connectivity index (χ2v) is 6.30. The van der Waals surface area contributed by atoms with Gasteiger partial charge in [-0.15, -0.1) is 11.3 Å². The van der Waals surface area contributed by atoms with Gasteiger partial charge in [0.15, 0.2) is 0 Å². The minimum Gasteiger partial charge on any atom is -0.386 e. The van der Waals surface area contributed by atoms with E-state index in [0.717, 1.165) is 16.9 Å². The van der Waals surface area contributed by atoms with E-state index < -0.39 is 11.9 Å². The van der Waals surface area contributed by atoms with E-state index >= 15 is 0 Å². The number of hydrogen-bond acceptors (Lipinski definition) is 4. The van der Waals surface area contributed by atoms with Crippen LogP contribution >= 0.6 is 11.3 Å². The Hall–Kier alpha value is -2.72. The number of ether oxygens (including phenoxy) is 1. The van der Waals surface area contributed by atoms with E-state index in [-0.39, 0.29) is 0 Å². The van der Waals surface area contributed by atoms with Crippen LogP contribution in [0, 0.1) is 0 Å². The standard InChI is InChI=1S/C19H12O3S/c20-18-15-8-4-7-14(17(15)19(21)22-18)16-10-13(11-23-16)9-12-5-2-1-3-6-12/h1-8,10-11H,9H2. The summed E-state index contributed by atoms with van der Waals surface area (Å²) in [5.41, 5.74) is 3.93. The molecule has 0 unspecified atom stereocenters. The number of carbonyl (C=O) groups is 2. The van der Waals surface area contributed by atoms with Crippen LogP contribution in [-0.4, -0.2) is 11.9 Å². The summed E-state index contributed by atoms with van der Waals surface area (Å²) in [6.45, 7) is 0. The molecular weight excluding hydrogens is 308 g/mol. The Morgan fingerprint density at radius 3 is 2.43 bits per heavy atom. The highest BCUT2D eigenvalue weighted by Gasteiger charge is 2.32. The van der Waals surface area contributed by atoms with Crippen LogP contribution in [0.1, 0.15) is 31.8 Å². The molecule has 4 heteroatoms. The van der Waals surface area contributed by atoms with Crippen molar-refractivity contribution < 1.29 is 14.3 Å². The van der Waals surface area contributed by atoms with Gasteiger partial charge in [-0.25, -0.2) is 9.59 Å². The van der Waals surface area contributed by atoms with Crippen molar-refractivity contribution in [2.24, 2.45) is 0 Å². The lowest BCUT2D eigenvalue weighted by Gasteiger charge is -2.01. The first-order valence-corrected chi connectivity index (χ1v) is 8.11. The summed E-state index contributed by atoms with van der Waals surface area (Å²) in [6, 6.07) is 17.6. The zero-order chi connectivity index (χ0) is 15.8. The van der Waals surface area contributed by atoms with Crippen molar-refractivity contribution in [3.8, 4) is 10.4 Å². The maximum atomic E-state index is 11.9. The summed E-state index contributed by atoms with van der Waals surface area (Å²) >= 11 is 1.57. The molecule has 0 saturated heterocycles. The fourth-order valence-electron chi connectivity index (χ4n) is 2.78. The molecule has 0 spiro atoms. The van der Waals surface area contributed by atoms with E-state index in [4.69, 9.17) is 4.74 Å². The Balaban J connectivity index is 1.71. The van der Waals surface area contributed by atoms with Crippen LogP contribution in [0.3, 0.4) is 0 Å². The summed E-state index contributed by atoms with van der Waals surface area (Å²) in [5.74, 6) is -1.12. The first-order valence-electron chi connectivity index (χ1n) is 7.23. The molecule has 0 amide bonds. The van der Waals surface area contributed by atoms with Crippen molar-refractivity contribution in [1.29, 1.82) is 0 Å². The van der Waals surface area contributed by atoms with Gasteiger partial charge in [0.2, 0.25) is 0 Å². The molecule has 3 nitrogen and oxygen atoms in total. The smallest absolute Gasteiger partial charge is 0.347 e. The number of carbonyl (C=O) groups excluding carboxylic acids is 2. The summed E-state index contributed by atoms with van der Waals surface area (Å²) in [4.78, 5) is 24.6. The second kappa shape index (κ2) is 5.48. The highest BCUT2D eigenvalue weighted by molar-refractivity contribution is 7.13. The van der Waals surface area contributed by atoms with Gasteiger partial charge < -0.3 is 4.74 Å². The normalized spacial score (nSPS) is 13.0. The first kappa shape index (κ1) is 13.9. The molecule has 2 aromatic carbocycles. The van der Waals surface area contributed by atoms with Gasteiger partial charge in [-0.1, -0.05) is 42.5 Å². The van der Waals surface area contributed by atoms with Gasteiger partial charge in [-0.05, 0) is 35.1 Å². The Morgan fingerprint density at radius 1 is 0.826 bits per heavy atom. The van der Waals surface area contributed by atoms with Gasteiger partial charge >= 0.3 is 11.9 Å². The fraction of sp³-hybridized carbons (Fsp3) is 0.0526. The molecule has 1 aromatic heterocycles. The average Bonchev–Trinajstić information content (AvgIpc) is 3.14. The van der Waals surface area contributed by atoms with Gasteiger partial charge in [0.1, 0.15) is 0 Å². The SMILES string of the molecule is O=C1OC(=O)c2c1cccc2-c1cc(Cc2ccccc2)cs1. The molecule has 23 heavy (non-hydrogen) atoms. The van der Waals surface area contributed by atoms with E-state index in [2.05, 4.69) is 23.6 Å². The molecule has 0 saturated carbocycles. The highest BCUT2D eigenvalue weighted by atomic mass is 32.1. The van der Waals surface area contributed by atoms with Crippen LogP contribution in [0.2, 0.25) is 0 Å². The van der Waals surface area contributed by atoms with Crippen molar-refractivity contribution in [3.63, 3.8) is 0 Å². The number of fused-ring (bicyclic) bond motifs is 1. The number of rotatable bonds is 3. The lowest BCUT2D eigenvalue weighted by atomic mass is 10.0. The highest BCUT2D eigenvalue weighted by Crippen LogP contribution is 2.35. The molecule has 1 aliphatic heterocycles. The Labute approximate surface area is 137 Å². The lowest BCUT2D eigenvalue weighted by molar-refractivity contribution is 0.0444. The van der Waals surface area contributed by atoms with Crippen LogP contribution in [0.15, 0.2) is 60.0 Å². The molecule has 0 fully saturated rings. The zero-order valence-electron chi connectivity index (χ0n) is 12.1. The Morgan fingerprint density at radius 2 is 1.61 bits per heavy atom. The number of thiophene rings is 1. The molecule has 0 N–H and O–H groups in total. The third kappa shape index (κ3) is 2.47. The topological polar surface area (TPSA) is 43.4 Å². The number of esters is 2. The van der Waals surface area contributed by atoms with Gasteiger partial charge in [0.05, 0.1) is 11.1 Å². The molecular formula is C19H12O3S. The predicted molar refractivity (Wildman–Crippen MR) is 88.7 cm³/mol. The molecule has 4 rings (SSSR count). The van der Waals surface area contributed by atoms with Crippen LogP contribution in [0.5, 0.6) is 0 Å². The van der Waals surface area contributed by atoms with Crippen LogP contribution in [-0.2, 0) is 11.2 Å². The lowest BCUT2D eigenvalue weighted by Crippen LogP contribution is -1.97. The summed E-state index contributed by atoms with van der Waals surface area (Å²) in [6.07, 6.45) is 0.843. The monoisotopic (exact) mass is 320 g/mol. The molecule has 3 aromatic rings. The third-order valence-electron chi connectivity index (χ3n) is 3.84. The predicted octanol–water partition coefficient (Wildman–Crippen LogP) is 4.32. The number of cyclic esters (lactones) is 2. The minimum absolute atomic E-state index is 0.352. The van der Waals surface area contributed by atoms with Crippen molar-refractivity contribution in [3.05, 3.63) is 82.2 Å². The van der Waals surface area contributed by atoms with E-state index in [1.54, 1.807) is 23.5 Å². The summed E-state index contributed by atoms with van der Waals surface area (Å²) < 4.78 is 4.72. The largest absolute Gasteiger partial charge is 0.386 e. The molecule has 112 valence electrons. The van der Waals surface area contributed by atoms with Crippen LogP contribution in [0.4, 0.5) is 0 Å². The third-order valence-corrected chi connectivity index (χ3v) is 4.86. The van der Waals surface area contributed by atoms with Crippen LogP contribution in [0.25, 0.3) is 10.4 Å². The minimum atomic E-state index is -0.562. The van der Waals surface area contributed by atoms with Crippen molar-refractivity contribution in [2.75, 3.05) is 0 Å². The number of benzene rings is 2.